The Bertz CT molecular complexity index is 1390. The molecule has 2 aromatic heterocycles. The minimum atomic E-state index is -0.122. The lowest BCUT2D eigenvalue weighted by Gasteiger charge is -2.11. The van der Waals surface area contributed by atoms with Crippen LogP contribution in [0.15, 0.2) is 53.3 Å². The second-order valence-corrected chi connectivity index (χ2v) is 9.47. The Morgan fingerprint density at radius 1 is 1.15 bits per heavy atom. The topological polar surface area (TPSA) is 64.2 Å². The standard InChI is InChI=1S/C26H23ClN2O3S/c1-31-21-14-17(11-12-20(21)32-15-16-7-3-2-4-8-16)13-19(27)24-28-25(30)23-18-9-5-6-10-22(18)33-26(23)29-24/h2-4,7-8,11-14H,5-6,9-10,15H2,1H3,(H,28,29,30)/b19-13-. The number of aromatic amines is 1. The Balaban J connectivity index is 1.41. The minimum Gasteiger partial charge on any atom is -0.493 e. The molecule has 0 radical (unpaired) electrons. The van der Waals surface area contributed by atoms with Gasteiger partial charge < -0.3 is 14.5 Å². The molecular formula is C26H23ClN2O3S. The van der Waals surface area contributed by atoms with Crippen LogP contribution in [0.3, 0.4) is 0 Å². The van der Waals surface area contributed by atoms with Gasteiger partial charge in [-0.25, -0.2) is 4.98 Å². The molecule has 33 heavy (non-hydrogen) atoms. The lowest BCUT2D eigenvalue weighted by Crippen LogP contribution is -2.12. The van der Waals surface area contributed by atoms with Crippen molar-refractivity contribution in [2.24, 2.45) is 0 Å². The maximum Gasteiger partial charge on any atom is 0.260 e. The largest absolute Gasteiger partial charge is 0.493 e. The van der Waals surface area contributed by atoms with E-state index in [0.29, 0.717) is 29.0 Å². The van der Waals surface area contributed by atoms with Gasteiger partial charge in [-0.2, -0.15) is 0 Å². The van der Waals surface area contributed by atoms with Crippen molar-refractivity contribution >= 4 is 44.3 Å². The molecule has 0 saturated heterocycles. The highest BCUT2D eigenvalue weighted by Crippen LogP contribution is 2.35. The zero-order valence-electron chi connectivity index (χ0n) is 18.2. The summed E-state index contributed by atoms with van der Waals surface area (Å²) in [6, 6.07) is 15.6. The predicted octanol–water partition coefficient (Wildman–Crippen LogP) is 6.19. The molecule has 0 saturated carbocycles. The molecule has 0 spiro atoms. The van der Waals surface area contributed by atoms with Crippen LogP contribution in [0.4, 0.5) is 0 Å². The fraction of sp³-hybridized carbons (Fsp3) is 0.231. The van der Waals surface area contributed by atoms with E-state index in [-0.39, 0.29) is 5.56 Å². The van der Waals surface area contributed by atoms with Crippen LogP contribution in [-0.4, -0.2) is 17.1 Å². The maximum atomic E-state index is 12.8. The zero-order valence-corrected chi connectivity index (χ0v) is 19.8. The number of nitrogens with one attached hydrogen (secondary N) is 1. The van der Waals surface area contributed by atoms with E-state index in [1.165, 1.54) is 4.88 Å². The van der Waals surface area contributed by atoms with Crippen LogP contribution in [0.25, 0.3) is 21.3 Å². The highest BCUT2D eigenvalue weighted by molar-refractivity contribution is 7.18. The minimum absolute atomic E-state index is 0.122. The molecule has 1 aliphatic carbocycles. The lowest BCUT2D eigenvalue weighted by molar-refractivity contribution is 0.284. The van der Waals surface area contributed by atoms with Gasteiger partial charge >= 0.3 is 0 Å². The fourth-order valence-corrected chi connectivity index (χ4v) is 5.60. The first-order valence-corrected chi connectivity index (χ1v) is 12.1. The third-order valence-corrected chi connectivity index (χ3v) is 7.24. The van der Waals surface area contributed by atoms with Crippen LogP contribution in [0, 0.1) is 0 Å². The number of benzene rings is 2. The predicted molar refractivity (Wildman–Crippen MR) is 134 cm³/mol. The second-order valence-electron chi connectivity index (χ2n) is 7.98. The molecule has 0 unspecified atom stereocenters. The Morgan fingerprint density at radius 3 is 2.79 bits per heavy atom. The Labute approximate surface area is 200 Å². The van der Waals surface area contributed by atoms with E-state index in [2.05, 4.69) is 9.97 Å². The number of hydrogen-bond donors (Lipinski definition) is 1. The third kappa shape index (κ3) is 4.54. The second kappa shape index (κ2) is 9.41. The first-order chi connectivity index (χ1) is 16.1. The van der Waals surface area contributed by atoms with E-state index in [1.807, 2.05) is 48.5 Å². The normalized spacial score (nSPS) is 13.7. The highest BCUT2D eigenvalue weighted by Gasteiger charge is 2.20. The number of hydrogen-bond acceptors (Lipinski definition) is 5. The van der Waals surface area contributed by atoms with Gasteiger partial charge in [0.1, 0.15) is 11.4 Å². The summed E-state index contributed by atoms with van der Waals surface area (Å²) in [6.45, 7) is 0.448. The molecule has 0 amide bonds. The van der Waals surface area contributed by atoms with E-state index in [0.717, 1.165) is 52.6 Å². The number of rotatable bonds is 6. The van der Waals surface area contributed by atoms with Crippen molar-refractivity contribution in [3.63, 3.8) is 0 Å². The number of aromatic nitrogens is 2. The van der Waals surface area contributed by atoms with E-state index < -0.39 is 0 Å². The molecular weight excluding hydrogens is 456 g/mol. The number of ether oxygens (including phenoxy) is 2. The van der Waals surface area contributed by atoms with Crippen LogP contribution < -0.4 is 15.0 Å². The summed E-state index contributed by atoms with van der Waals surface area (Å²) >= 11 is 8.19. The number of thiophene rings is 1. The van der Waals surface area contributed by atoms with Crippen LogP contribution in [0.1, 0.15) is 40.2 Å². The van der Waals surface area contributed by atoms with Crippen molar-refractivity contribution in [3.05, 3.63) is 86.3 Å². The molecule has 5 rings (SSSR count). The summed E-state index contributed by atoms with van der Waals surface area (Å²) in [5, 5.41) is 1.09. The molecule has 7 heteroatoms. The lowest BCUT2D eigenvalue weighted by atomic mass is 9.97. The van der Waals surface area contributed by atoms with Crippen molar-refractivity contribution in [1.82, 2.24) is 9.97 Å². The van der Waals surface area contributed by atoms with Gasteiger partial charge in [-0.1, -0.05) is 48.0 Å². The van der Waals surface area contributed by atoms with Gasteiger partial charge in [0.2, 0.25) is 0 Å². The average molecular weight is 479 g/mol. The summed E-state index contributed by atoms with van der Waals surface area (Å²) in [5.41, 5.74) is 2.94. The smallest absolute Gasteiger partial charge is 0.260 e. The SMILES string of the molecule is COc1cc(/C=C(\Cl)c2nc3sc4c(c3c(=O)[nH]2)CCCC4)ccc1OCc1ccccc1. The van der Waals surface area contributed by atoms with E-state index >= 15 is 0 Å². The van der Waals surface area contributed by atoms with Gasteiger partial charge in [-0.05, 0) is 60.6 Å². The van der Waals surface area contributed by atoms with Gasteiger partial charge in [-0.15, -0.1) is 11.3 Å². The fourth-order valence-electron chi connectivity index (χ4n) is 4.12. The summed E-state index contributed by atoms with van der Waals surface area (Å²) in [5.74, 6) is 1.62. The Morgan fingerprint density at radius 2 is 1.97 bits per heavy atom. The molecule has 2 heterocycles. The van der Waals surface area contributed by atoms with E-state index in [4.69, 9.17) is 21.1 Å². The van der Waals surface area contributed by atoms with Crippen LogP contribution in [-0.2, 0) is 19.4 Å². The molecule has 0 aliphatic heterocycles. The zero-order chi connectivity index (χ0) is 22.8. The summed E-state index contributed by atoms with van der Waals surface area (Å²) < 4.78 is 11.4. The quantitative estimate of drug-likeness (QED) is 0.359. The van der Waals surface area contributed by atoms with Crippen molar-refractivity contribution < 1.29 is 9.47 Å². The number of aryl methyl sites for hydroxylation is 2. The monoisotopic (exact) mass is 478 g/mol. The third-order valence-electron chi connectivity index (χ3n) is 5.77. The summed E-state index contributed by atoms with van der Waals surface area (Å²) in [6.07, 6.45) is 6.02. The van der Waals surface area contributed by atoms with Crippen molar-refractivity contribution in [1.29, 1.82) is 0 Å². The van der Waals surface area contributed by atoms with Gasteiger partial charge in [0, 0.05) is 4.88 Å². The van der Waals surface area contributed by atoms with E-state index in [1.54, 1.807) is 24.5 Å². The summed E-state index contributed by atoms with van der Waals surface area (Å²) in [7, 11) is 1.60. The number of methoxy groups -OCH3 is 1. The van der Waals surface area contributed by atoms with Crippen LogP contribution in [0.5, 0.6) is 11.5 Å². The molecule has 1 aliphatic rings. The molecule has 0 bridgehead atoms. The van der Waals surface area contributed by atoms with E-state index in [9.17, 15) is 4.79 Å². The van der Waals surface area contributed by atoms with Gasteiger partial charge in [0.25, 0.3) is 5.56 Å². The first kappa shape index (κ1) is 21.7. The maximum absolute atomic E-state index is 12.8. The summed E-state index contributed by atoms with van der Waals surface area (Å²) in [4.78, 5) is 22.4. The van der Waals surface area contributed by atoms with Gasteiger partial charge in [0.05, 0.1) is 17.5 Å². The van der Waals surface area contributed by atoms with Crippen molar-refractivity contribution in [3.8, 4) is 11.5 Å². The van der Waals surface area contributed by atoms with Crippen LogP contribution >= 0.6 is 22.9 Å². The Hall–Kier alpha value is -3.09. The van der Waals surface area contributed by atoms with Crippen LogP contribution in [0.2, 0.25) is 0 Å². The average Bonchev–Trinajstić information content (AvgIpc) is 3.22. The molecule has 5 nitrogen and oxygen atoms in total. The first-order valence-electron chi connectivity index (χ1n) is 10.9. The highest BCUT2D eigenvalue weighted by atomic mass is 35.5. The van der Waals surface area contributed by atoms with Gasteiger partial charge in [0.15, 0.2) is 17.3 Å². The number of H-pyrrole nitrogens is 1. The molecule has 1 N–H and O–H groups in total. The molecule has 0 atom stereocenters. The number of halogens is 1. The molecule has 168 valence electrons. The van der Waals surface area contributed by atoms with Gasteiger partial charge in [-0.3, -0.25) is 4.79 Å². The Kier molecular flexibility index (Phi) is 6.20. The molecule has 2 aromatic carbocycles. The molecule has 4 aromatic rings. The van der Waals surface area contributed by atoms with Crippen molar-refractivity contribution in [2.75, 3.05) is 7.11 Å². The number of fused-ring (bicyclic) bond motifs is 3. The van der Waals surface area contributed by atoms with Crippen molar-refractivity contribution in [2.45, 2.75) is 32.3 Å². The number of nitrogens with zero attached hydrogens (tertiary/aromatic N) is 1. The molecule has 0 fully saturated rings.